The van der Waals surface area contributed by atoms with Crippen LogP contribution in [0, 0.1) is 0 Å². The summed E-state index contributed by atoms with van der Waals surface area (Å²) in [5, 5.41) is 1.44. The highest BCUT2D eigenvalue weighted by atomic mass is 32.1. The third kappa shape index (κ3) is 1.94. The molecule has 2 atom stereocenters. The van der Waals surface area contributed by atoms with Crippen molar-refractivity contribution in [3.8, 4) is 0 Å². The number of aliphatic imine (C=N–C) groups is 1. The van der Waals surface area contributed by atoms with Crippen LogP contribution in [-0.2, 0) is 4.84 Å². The SMILES string of the molecule is C=CCON1C(=O)N2CC1c1scnc1C2C=NCC. The molecule has 0 aliphatic carbocycles. The second-order valence-electron chi connectivity index (χ2n) is 4.56. The Hall–Kier alpha value is -1.73. The van der Waals surface area contributed by atoms with Gasteiger partial charge in [0.2, 0.25) is 0 Å². The molecule has 106 valence electrons. The first-order valence-electron chi connectivity index (χ1n) is 6.54. The second-order valence-corrected chi connectivity index (χ2v) is 5.44. The van der Waals surface area contributed by atoms with Gasteiger partial charge in [-0.15, -0.1) is 17.9 Å². The molecule has 1 saturated heterocycles. The molecule has 2 bridgehead atoms. The lowest BCUT2D eigenvalue weighted by molar-refractivity contribution is -0.118. The smallest absolute Gasteiger partial charge is 0.307 e. The average Bonchev–Trinajstić information content (AvgIpc) is 3.03. The van der Waals surface area contributed by atoms with Crippen molar-refractivity contribution in [3.05, 3.63) is 28.7 Å². The number of hydroxylamine groups is 2. The monoisotopic (exact) mass is 292 g/mol. The Labute approximate surface area is 121 Å². The van der Waals surface area contributed by atoms with Gasteiger partial charge in [-0.2, -0.15) is 5.06 Å². The maximum absolute atomic E-state index is 12.4. The quantitative estimate of drug-likeness (QED) is 0.617. The maximum atomic E-state index is 12.4. The fourth-order valence-corrected chi connectivity index (χ4v) is 3.44. The van der Waals surface area contributed by atoms with Gasteiger partial charge in [0.1, 0.15) is 12.1 Å². The third-order valence-corrected chi connectivity index (χ3v) is 4.34. The summed E-state index contributed by atoms with van der Waals surface area (Å²) in [7, 11) is 0. The van der Waals surface area contributed by atoms with Gasteiger partial charge in [-0.3, -0.25) is 9.83 Å². The first-order valence-corrected chi connectivity index (χ1v) is 7.42. The summed E-state index contributed by atoms with van der Waals surface area (Å²) < 4.78 is 0. The van der Waals surface area contributed by atoms with Crippen molar-refractivity contribution in [2.75, 3.05) is 19.7 Å². The molecule has 1 aromatic heterocycles. The van der Waals surface area contributed by atoms with E-state index in [4.69, 9.17) is 4.84 Å². The highest BCUT2D eigenvalue weighted by molar-refractivity contribution is 7.09. The highest BCUT2D eigenvalue weighted by Gasteiger charge is 2.49. The zero-order valence-electron chi connectivity index (χ0n) is 11.2. The van der Waals surface area contributed by atoms with Crippen LogP contribution in [0.15, 0.2) is 23.2 Å². The topological polar surface area (TPSA) is 58.0 Å². The van der Waals surface area contributed by atoms with E-state index in [9.17, 15) is 4.79 Å². The molecule has 20 heavy (non-hydrogen) atoms. The Bertz CT molecular complexity index is 556. The molecule has 1 aromatic rings. The lowest BCUT2D eigenvalue weighted by atomic mass is 10.0. The van der Waals surface area contributed by atoms with E-state index in [1.54, 1.807) is 22.3 Å². The summed E-state index contributed by atoms with van der Waals surface area (Å²) >= 11 is 1.56. The predicted octanol–water partition coefficient (Wildman–Crippen LogP) is 2.18. The van der Waals surface area contributed by atoms with Gasteiger partial charge in [0.15, 0.2) is 0 Å². The van der Waals surface area contributed by atoms with Crippen LogP contribution >= 0.6 is 11.3 Å². The van der Waals surface area contributed by atoms with Gasteiger partial charge < -0.3 is 4.90 Å². The number of hydrogen-bond donors (Lipinski definition) is 0. The number of urea groups is 1. The van der Waals surface area contributed by atoms with E-state index in [1.165, 1.54) is 5.06 Å². The zero-order chi connectivity index (χ0) is 14.1. The average molecular weight is 292 g/mol. The van der Waals surface area contributed by atoms with Crippen molar-refractivity contribution in [2.24, 2.45) is 4.99 Å². The van der Waals surface area contributed by atoms with Gasteiger partial charge in [0.25, 0.3) is 0 Å². The lowest BCUT2D eigenvalue weighted by Gasteiger charge is -2.26. The lowest BCUT2D eigenvalue weighted by Crippen LogP contribution is -2.35. The van der Waals surface area contributed by atoms with Crippen molar-refractivity contribution in [1.82, 2.24) is 14.9 Å². The van der Waals surface area contributed by atoms with Crippen molar-refractivity contribution in [1.29, 1.82) is 0 Å². The molecule has 0 spiro atoms. The van der Waals surface area contributed by atoms with E-state index in [0.29, 0.717) is 19.7 Å². The minimum Gasteiger partial charge on any atom is -0.307 e. The van der Waals surface area contributed by atoms with Gasteiger partial charge in [0.05, 0.1) is 29.2 Å². The fourth-order valence-electron chi connectivity index (χ4n) is 2.54. The number of carbonyl (C=O) groups excluding carboxylic acids is 1. The molecule has 3 heterocycles. The van der Waals surface area contributed by atoms with Crippen LogP contribution in [0.1, 0.15) is 29.6 Å². The number of aromatic nitrogens is 1. The molecule has 0 N–H and O–H groups in total. The van der Waals surface area contributed by atoms with E-state index >= 15 is 0 Å². The van der Waals surface area contributed by atoms with Gasteiger partial charge in [0, 0.05) is 12.8 Å². The summed E-state index contributed by atoms with van der Waals surface area (Å²) in [5.74, 6) is 0. The van der Waals surface area contributed by atoms with Crippen molar-refractivity contribution in [2.45, 2.75) is 19.0 Å². The first kappa shape index (κ1) is 13.3. The maximum Gasteiger partial charge on any atom is 0.345 e. The molecular formula is C13H16N4O2S. The first-order chi connectivity index (χ1) is 9.77. The number of amides is 2. The summed E-state index contributed by atoms with van der Waals surface area (Å²) in [4.78, 5) is 29.5. The molecule has 3 rings (SSSR count). The van der Waals surface area contributed by atoms with E-state index in [0.717, 1.165) is 10.6 Å². The second kappa shape index (κ2) is 5.34. The summed E-state index contributed by atoms with van der Waals surface area (Å²) in [6.07, 6.45) is 3.44. The van der Waals surface area contributed by atoms with Gasteiger partial charge in [-0.05, 0) is 6.92 Å². The normalized spacial score (nSPS) is 24.6. The third-order valence-electron chi connectivity index (χ3n) is 3.39. The van der Waals surface area contributed by atoms with E-state index in [-0.39, 0.29) is 18.1 Å². The van der Waals surface area contributed by atoms with Crippen molar-refractivity contribution >= 4 is 23.6 Å². The Morgan fingerprint density at radius 2 is 2.55 bits per heavy atom. The Morgan fingerprint density at radius 1 is 1.70 bits per heavy atom. The number of carbonyl (C=O) groups is 1. The molecule has 2 amide bonds. The molecule has 0 radical (unpaired) electrons. The summed E-state index contributed by atoms with van der Waals surface area (Å²) in [6.45, 7) is 7.21. The minimum absolute atomic E-state index is 0.0729. The van der Waals surface area contributed by atoms with Crippen LogP contribution in [0.5, 0.6) is 0 Å². The van der Waals surface area contributed by atoms with E-state index in [1.807, 2.05) is 18.6 Å². The Morgan fingerprint density at radius 3 is 3.30 bits per heavy atom. The predicted molar refractivity (Wildman–Crippen MR) is 76.7 cm³/mol. The molecule has 1 fully saturated rings. The van der Waals surface area contributed by atoms with Crippen LogP contribution in [0.3, 0.4) is 0 Å². The van der Waals surface area contributed by atoms with Crippen molar-refractivity contribution in [3.63, 3.8) is 0 Å². The molecule has 0 aromatic carbocycles. The number of rotatable bonds is 5. The number of hydrogen-bond acceptors (Lipinski definition) is 5. The molecular weight excluding hydrogens is 276 g/mol. The molecule has 2 unspecified atom stereocenters. The molecule has 0 saturated carbocycles. The van der Waals surface area contributed by atoms with E-state index < -0.39 is 0 Å². The Balaban J connectivity index is 1.96. The molecule has 2 aliphatic rings. The van der Waals surface area contributed by atoms with Gasteiger partial charge in [-0.1, -0.05) is 6.08 Å². The number of nitrogens with zero attached hydrogens (tertiary/aromatic N) is 4. The molecule has 6 nitrogen and oxygen atoms in total. The van der Waals surface area contributed by atoms with Crippen LogP contribution < -0.4 is 0 Å². The standard InChI is InChI=1S/C13H16N4O2S/c1-3-5-19-17-10-7-16(13(17)18)9(6-14-4-2)11-12(10)20-8-15-11/h3,6,8-10H,1,4-5,7H2,2H3. The van der Waals surface area contributed by atoms with Gasteiger partial charge in [-0.25, -0.2) is 9.78 Å². The number of thiazole rings is 1. The summed E-state index contributed by atoms with van der Waals surface area (Å²) in [6, 6.07) is -0.386. The largest absolute Gasteiger partial charge is 0.345 e. The van der Waals surface area contributed by atoms with E-state index in [2.05, 4.69) is 16.6 Å². The molecule has 2 aliphatic heterocycles. The van der Waals surface area contributed by atoms with Crippen LogP contribution in [0.4, 0.5) is 4.79 Å². The molecule has 7 heteroatoms. The fraction of sp³-hybridized carbons (Fsp3) is 0.462. The zero-order valence-corrected chi connectivity index (χ0v) is 12.0. The van der Waals surface area contributed by atoms with Crippen LogP contribution in [0.25, 0.3) is 0 Å². The van der Waals surface area contributed by atoms with Crippen LogP contribution in [-0.4, -0.2) is 46.9 Å². The number of fused-ring (bicyclic) bond motifs is 4. The highest BCUT2D eigenvalue weighted by Crippen LogP contribution is 2.44. The van der Waals surface area contributed by atoms with Crippen LogP contribution in [0.2, 0.25) is 0 Å². The van der Waals surface area contributed by atoms with Crippen molar-refractivity contribution < 1.29 is 9.63 Å². The Kier molecular flexibility index (Phi) is 3.54. The minimum atomic E-state index is -0.183. The summed E-state index contributed by atoms with van der Waals surface area (Å²) in [5.41, 5.74) is 2.73. The van der Waals surface area contributed by atoms with Gasteiger partial charge >= 0.3 is 6.03 Å².